The van der Waals surface area contributed by atoms with Gasteiger partial charge in [0, 0.05) is 203 Å². The van der Waals surface area contributed by atoms with Crippen LogP contribution in [0.4, 0.5) is 4.39 Å². The number of benzene rings is 5. The fourth-order valence-corrected chi connectivity index (χ4v) is 5.25. The Morgan fingerprint density at radius 1 is 0.564 bits per heavy atom. The molecule has 0 atom stereocenters. The van der Waals surface area contributed by atoms with Crippen LogP contribution in [0.2, 0.25) is 0 Å². The Hall–Kier alpha value is 2.20. The third kappa shape index (κ3) is 110. The van der Waals surface area contributed by atoms with E-state index in [1.807, 2.05) is 84.9 Å². The Labute approximate surface area is 644 Å². The van der Waals surface area contributed by atoms with Crippen molar-refractivity contribution >= 4 is 61.7 Å². The number of aliphatic hydroxyl groups excluding tert-OH is 2. The van der Waals surface area contributed by atoms with Gasteiger partial charge in [-0.2, -0.15) is 8.42 Å². The molecule has 0 spiro atoms. The summed E-state index contributed by atoms with van der Waals surface area (Å²) in [6, 6.07) is 51.1. The molecule has 0 aromatic heterocycles. The van der Waals surface area contributed by atoms with Gasteiger partial charge >= 0.3 is 29.6 Å². The maximum Gasteiger partial charge on any atom is 1.00 e. The molecule has 0 bridgehead atoms. The van der Waals surface area contributed by atoms with Gasteiger partial charge in [-0.15, -0.1) is 0 Å². The van der Waals surface area contributed by atoms with E-state index < -0.39 is 26.3 Å². The molecule has 0 aliphatic heterocycles. The van der Waals surface area contributed by atoms with Crippen LogP contribution >= 0.6 is 42.5 Å². The van der Waals surface area contributed by atoms with Crippen molar-refractivity contribution in [3.63, 3.8) is 0 Å². The fraction of sp³-hybridized carbons (Fsp3) is 0.340. The van der Waals surface area contributed by atoms with E-state index in [9.17, 15) is 21.2 Å². The zero-order valence-electron chi connectivity index (χ0n) is 48.4. The van der Waals surface area contributed by atoms with Crippen LogP contribution in [0.1, 0.15) is 54.9 Å². The second kappa shape index (κ2) is 92.9. The van der Waals surface area contributed by atoms with Crippen LogP contribution in [0.15, 0.2) is 157 Å². The molecule has 427 valence electrons. The minimum Gasteiger partial charge on any atom is -0.396 e. The van der Waals surface area contributed by atoms with Crippen molar-refractivity contribution in [3.8, 4) is 0 Å². The summed E-state index contributed by atoms with van der Waals surface area (Å²) < 4.78 is 60.2. The van der Waals surface area contributed by atoms with Crippen molar-refractivity contribution < 1.29 is 230 Å². The van der Waals surface area contributed by atoms with Gasteiger partial charge in [0.1, 0.15) is 0 Å². The van der Waals surface area contributed by atoms with E-state index in [0.717, 1.165) is 56.4 Å². The molecule has 0 unspecified atom stereocenters. The van der Waals surface area contributed by atoms with Crippen molar-refractivity contribution in [1.82, 2.24) is 0 Å². The summed E-state index contributed by atoms with van der Waals surface area (Å²) in [6.45, 7) is 3.45. The largest absolute Gasteiger partial charge is 1.00 e. The van der Waals surface area contributed by atoms with Crippen molar-refractivity contribution in [2.45, 2.75) is 58.3 Å². The number of nitrogens with zero attached hydrogens (tertiary/aromatic N) is 6. The minimum absolute atomic E-state index is 0. The van der Waals surface area contributed by atoms with Gasteiger partial charge in [-0.1, -0.05) is 194 Å². The van der Waals surface area contributed by atoms with Crippen LogP contribution in [0.5, 0.6) is 0 Å². The smallest absolute Gasteiger partial charge is 0.396 e. The molecule has 5 aromatic rings. The van der Waals surface area contributed by atoms with Gasteiger partial charge < -0.3 is 58.4 Å². The first-order valence-corrected chi connectivity index (χ1v) is 27.4. The van der Waals surface area contributed by atoms with Crippen molar-refractivity contribution in [3.05, 3.63) is 243 Å². The number of aryl methyl sites for hydroxylation is 5. The van der Waals surface area contributed by atoms with Gasteiger partial charge in [0.2, 0.25) is 9.05 Å². The molecule has 2 N–H and O–H groups in total. The maximum absolute atomic E-state index is 10.6. The Kier molecular flexibility index (Phi) is 137. The normalized spacial score (nSPS) is 8.19. The number of azide groups is 1. The third-order valence-corrected chi connectivity index (χ3v) is 8.82. The van der Waals surface area contributed by atoms with E-state index in [4.69, 9.17) is 28.2 Å². The summed E-state index contributed by atoms with van der Waals surface area (Å²) in [5.74, 6) is 0. The van der Waals surface area contributed by atoms with E-state index in [0.29, 0.717) is 11.9 Å². The Bertz CT molecular complexity index is 2110. The number of hydrogen-bond donors (Lipinski definition) is 2. The molecule has 0 amide bonds. The molecule has 5 aromatic carbocycles. The number of hydrogen-bond acceptors (Lipinski definition) is 8. The first-order valence-electron chi connectivity index (χ1n) is 21.3. The Morgan fingerprint density at radius 3 is 1.04 bits per heavy atom. The number of halogens is 4. The summed E-state index contributed by atoms with van der Waals surface area (Å²) in [6.07, 6.45) is 9.73. The zero-order valence-corrected chi connectivity index (χ0v) is 69.1. The first-order chi connectivity index (χ1) is 32.5. The monoisotopic (exact) mass is 1660 g/mol. The topological polar surface area (TPSA) is 225 Å². The predicted octanol–water partition coefficient (Wildman–Crippen LogP) is 12.4. The van der Waals surface area contributed by atoms with E-state index in [-0.39, 0.29) is 250 Å². The van der Waals surface area contributed by atoms with Gasteiger partial charge in [0.05, 0.1) is 34.2 Å². The van der Waals surface area contributed by atoms with Crippen molar-refractivity contribution in [2.24, 2.45) is 5.11 Å². The zero-order chi connectivity index (χ0) is 52.0. The van der Waals surface area contributed by atoms with Gasteiger partial charge in [-0.3, -0.25) is 13.5 Å². The molecule has 25 heteroatoms. The van der Waals surface area contributed by atoms with E-state index >= 15 is 0 Å². The van der Waals surface area contributed by atoms with Gasteiger partial charge in [0.15, 0.2) is 0 Å². The van der Waals surface area contributed by atoms with Crippen LogP contribution in [0.25, 0.3) is 26.4 Å². The second-order valence-corrected chi connectivity index (χ2v) is 19.4. The molecule has 0 fully saturated rings. The van der Waals surface area contributed by atoms with Crippen LogP contribution in [0, 0.1) is 44.1 Å². The molecule has 0 saturated carbocycles. The standard InChI is InChI=1S/C10H14O3S.C9H11Br.C9H11N3.C9H12O.C7H8.C2H5BrO.CH3ClO2S.CH3F.5CH3.N3.Na.5Y/c1-14(11,12)13-9-5-8-10-6-3-2-4-7-10;10-8-4-7-9-5-2-1-3-6-9;10-12-11-8-4-7-9-5-2-1-3-6-9;10-8-4-7-9-5-2-1-3-6-9;1-7-5-3-2-4-6-7;3-1-2-4;1-5(2,3)4;1-2;;;;;;1-3-2;;;;;;/h2-4,6-7H,5,8-9H2,1H3;1-3,5-6H,4,7-8H2;1-3,5-6H,4,7-8H2;1-3,5-6,10H,4,7-8H2;2-6H,1H3;4H,1-2H2;1H3;1H3;5*1H3;;;;;;;/q;;;;;;;;6*-1;+1;;;;;/i;;;;;;;1D;;;;;;;;;;;;. The van der Waals surface area contributed by atoms with Crippen molar-refractivity contribution in [1.29, 1.82) is 0 Å². The Morgan fingerprint density at radius 2 is 0.821 bits per heavy atom. The first kappa shape index (κ1) is 115. The van der Waals surface area contributed by atoms with Crippen LogP contribution in [0.3, 0.4) is 0 Å². The molecule has 0 aliphatic carbocycles. The quantitative estimate of drug-likeness (QED) is 0.0112. The SMILES string of the molecule is BrCCCc1ccccc1.CS(=O)(=O)Cl.CS(=O)(=O)OCCCc1ccccc1.Cc1ccccc1.OCCBr.OCCCc1ccccc1.[2H]CF.[CH3-].[CH3-].[CH3-].[CH3-].[CH3-].[N-]=[N+]=NCCCc1ccccc1.[N-]=[N+]=[N-].[Na+].[Y].[Y].[Y].[Y].[Y]. The molecule has 5 radical (unpaired) electrons. The van der Waals surface area contributed by atoms with Crippen LogP contribution in [-0.2, 0) is 213 Å². The minimum atomic E-state index is -3.28. The molecular formula is C53H82Br2ClFN6NaO7S2Y5-5. The molecule has 0 aliphatic rings. The molecule has 0 saturated heterocycles. The number of rotatable bonds is 16. The van der Waals surface area contributed by atoms with Crippen LogP contribution < -0.4 is 29.6 Å². The summed E-state index contributed by atoms with van der Waals surface area (Å²) in [5, 5.41) is 21.6. The van der Waals surface area contributed by atoms with Crippen LogP contribution in [-0.4, -0.2) is 83.7 Å². The maximum atomic E-state index is 10.6. The van der Waals surface area contributed by atoms with E-state index in [2.05, 4.69) is 130 Å². The van der Waals surface area contributed by atoms with Crippen molar-refractivity contribution in [2.75, 3.05) is 56.7 Å². The summed E-state index contributed by atoms with van der Waals surface area (Å²) in [7, 11) is -2.97. The molecule has 78 heavy (non-hydrogen) atoms. The average Bonchev–Trinajstić information content (AvgIpc) is 3.33. The predicted molar refractivity (Wildman–Crippen MR) is 317 cm³/mol. The fourth-order valence-electron chi connectivity index (χ4n) is 4.55. The molecular weight excluding hydrogens is 1580 g/mol. The summed E-state index contributed by atoms with van der Waals surface area (Å²) in [5.41, 5.74) is 28.1. The van der Waals surface area contributed by atoms with Gasteiger partial charge in [-0.25, -0.2) is 8.42 Å². The number of aliphatic hydroxyl groups is 2. The molecule has 13 nitrogen and oxygen atoms in total. The Balaban J connectivity index is -0.0000000457. The van der Waals surface area contributed by atoms with Gasteiger partial charge in [-0.05, 0) is 86.1 Å². The third-order valence-electron chi connectivity index (χ3n) is 7.31. The van der Waals surface area contributed by atoms with E-state index in [1.165, 1.54) is 45.6 Å². The number of alkyl halides is 3. The second-order valence-electron chi connectivity index (χ2n) is 13.1. The molecule has 0 heterocycles. The van der Waals surface area contributed by atoms with E-state index in [1.54, 1.807) is 0 Å². The molecule has 5 rings (SSSR count). The van der Waals surface area contributed by atoms with Gasteiger partial charge in [0.25, 0.3) is 10.1 Å². The summed E-state index contributed by atoms with van der Waals surface area (Å²) in [4.78, 5) is 4.19. The average molecular weight is 1660 g/mol. The summed E-state index contributed by atoms with van der Waals surface area (Å²) >= 11 is 6.41.